The van der Waals surface area contributed by atoms with Crippen LogP contribution in [0.4, 0.5) is 0 Å². The molecular weight excluding hydrogens is 442 g/mol. The lowest BCUT2D eigenvalue weighted by atomic mass is 9.75. The largest absolute Gasteiger partial charge is 0.490 e. The molecule has 0 unspecified atom stereocenters. The van der Waals surface area contributed by atoms with Crippen molar-refractivity contribution in [1.29, 1.82) is 0 Å². The number of hydrogen-bond acceptors (Lipinski definition) is 8. The van der Waals surface area contributed by atoms with E-state index in [4.69, 9.17) is 14.2 Å². The number of thioether (sulfide) groups is 1. The minimum absolute atomic E-state index is 0.0233. The van der Waals surface area contributed by atoms with E-state index >= 15 is 0 Å². The van der Waals surface area contributed by atoms with E-state index in [0.717, 1.165) is 24.3 Å². The molecule has 0 amide bonds. The third-order valence-corrected chi connectivity index (χ3v) is 6.38. The van der Waals surface area contributed by atoms with Crippen molar-refractivity contribution in [1.82, 2.24) is 5.32 Å². The Labute approximate surface area is 198 Å². The van der Waals surface area contributed by atoms with Crippen LogP contribution in [0.5, 0.6) is 11.5 Å². The summed E-state index contributed by atoms with van der Waals surface area (Å²) in [6, 6.07) is 5.17. The third-order valence-electron chi connectivity index (χ3n) is 5.52. The Kier molecular flexibility index (Phi) is 8.61. The standard InChI is InChI=1S/C25H31NO6S/c1-5-30-21-14-17(10-11-20(21)32-16(4)27)23-22(25(29)31-12-13-33-6-2)15(3)26-18-8-7-9-19(28)24(18)23/h10-11,14,23,26H,5-9,12-13H2,1-4H3/t23-/m0/s1. The average molecular weight is 474 g/mol. The van der Waals surface area contributed by atoms with Gasteiger partial charge in [0.2, 0.25) is 0 Å². The van der Waals surface area contributed by atoms with Gasteiger partial charge < -0.3 is 19.5 Å². The molecule has 1 atom stereocenters. The van der Waals surface area contributed by atoms with Crippen LogP contribution in [-0.2, 0) is 19.1 Å². The van der Waals surface area contributed by atoms with Crippen molar-refractivity contribution in [2.24, 2.45) is 0 Å². The molecule has 1 aliphatic heterocycles. The molecule has 0 spiro atoms. The number of benzene rings is 1. The van der Waals surface area contributed by atoms with Crippen LogP contribution in [0.2, 0.25) is 0 Å². The maximum atomic E-state index is 13.2. The van der Waals surface area contributed by atoms with Crippen molar-refractivity contribution in [2.45, 2.75) is 52.9 Å². The highest BCUT2D eigenvalue weighted by Gasteiger charge is 2.39. The zero-order valence-corrected chi connectivity index (χ0v) is 20.4. The quantitative estimate of drug-likeness (QED) is 0.323. The fourth-order valence-corrected chi connectivity index (χ4v) is 4.70. The van der Waals surface area contributed by atoms with E-state index in [0.29, 0.717) is 59.3 Å². The number of esters is 2. The van der Waals surface area contributed by atoms with E-state index in [1.165, 1.54) is 6.92 Å². The van der Waals surface area contributed by atoms with Gasteiger partial charge in [0.1, 0.15) is 6.61 Å². The maximum absolute atomic E-state index is 13.2. The molecule has 8 heteroatoms. The van der Waals surface area contributed by atoms with Gasteiger partial charge in [-0.1, -0.05) is 13.0 Å². The summed E-state index contributed by atoms with van der Waals surface area (Å²) in [5.41, 5.74) is 3.28. The van der Waals surface area contributed by atoms with Gasteiger partial charge in [-0.15, -0.1) is 0 Å². The molecule has 33 heavy (non-hydrogen) atoms. The molecule has 0 bridgehead atoms. The van der Waals surface area contributed by atoms with Crippen molar-refractivity contribution < 1.29 is 28.6 Å². The number of ketones is 1. The number of nitrogens with one attached hydrogen (secondary N) is 1. The van der Waals surface area contributed by atoms with E-state index in [2.05, 4.69) is 12.2 Å². The van der Waals surface area contributed by atoms with E-state index in [-0.39, 0.29) is 5.78 Å². The summed E-state index contributed by atoms with van der Waals surface area (Å²) in [4.78, 5) is 37.7. The van der Waals surface area contributed by atoms with Gasteiger partial charge in [-0.3, -0.25) is 9.59 Å². The summed E-state index contributed by atoms with van der Waals surface area (Å²) in [6.07, 6.45) is 1.96. The second kappa shape index (κ2) is 11.4. The minimum atomic E-state index is -0.578. The average Bonchev–Trinajstić information content (AvgIpc) is 2.77. The van der Waals surface area contributed by atoms with Crippen LogP contribution in [-0.4, -0.2) is 42.4 Å². The Morgan fingerprint density at radius 2 is 1.97 bits per heavy atom. The molecule has 0 saturated heterocycles. The van der Waals surface area contributed by atoms with Gasteiger partial charge in [-0.05, 0) is 50.1 Å². The lowest BCUT2D eigenvalue weighted by Gasteiger charge is -2.34. The van der Waals surface area contributed by atoms with E-state index < -0.39 is 17.9 Å². The molecule has 1 N–H and O–H groups in total. The van der Waals surface area contributed by atoms with Crippen LogP contribution in [0.15, 0.2) is 40.7 Å². The number of Topliss-reactive ketones (excluding diaryl/α,β-unsaturated/α-hetero) is 1. The molecule has 3 rings (SSSR count). The van der Waals surface area contributed by atoms with Gasteiger partial charge in [-0.25, -0.2) is 4.79 Å². The topological polar surface area (TPSA) is 90.9 Å². The number of carbonyl (C=O) groups excluding carboxylic acids is 3. The molecule has 0 saturated carbocycles. The summed E-state index contributed by atoms with van der Waals surface area (Å²) < 4.78 is 16.6. The van der Waals surface area contributed by atoms with Crippen molar-refractivity contribution in [3.05, 3.63) is 46.3 Å². The second-order valence-electron chi connectivity index (χ2n) is 7.83. The van der Waals surface area contributed by atoms with Crippen molar-refractivity contribution in [2.75, 3.05) is 24.7 Å². The second-order valence-corrected chi connectivity index (χ2v) is 9.23. The maximum Gasteiger partial charge on any atom is 0.336 e. The molecule has 1 aromatic rings. The number of dihydropyridines is 1. The van der Waals surface area contributed by atoms with E-state index in [1.807, 2.05) is 13.8 Å². The molecule has 1 aliphatic carbocycles. The summed E-state index contributed by atoms with van der Waals surface area (Å²) in [7, 11) is 0. The monoisotopic (exact) mass is 473 g/mol. The zero-order valence-electron chi connectivity index (χ0n) is 19.6. The first-order valence-electron chi connectivity index (χ1n) is 11.3. The lowest BCUT2D eigenvalue weighted by Crippen LogP contribution is -2.34. The van der Waals surface area contributed by atoms with Crippen LogP contribution >= 0.6 is 11.8 Å². The molecule has 1 heterocycles. The smallest absolute Gasteiger partial charge is 0.336 e. The Morgan fingerprint density at radius 3 is 2.67 bits per heavy atom. The molecule has 0 fully saturated rings. The molecule has 178 valence electrons. The van der Waals surface area contributed by atoms with Gasteiger partial charge in [0.05, 0.1) is 12.2 Å². The zero-order chi connectivity index (χ0) is 24.0. The molecule has 1 aromatic carbocycles. The van der Waals surface area contributed by atoms with Gasteiger partial charge in [-0.2, -0.15) is 11.8 Å². The Balaban J connectivity index is 2.06. The minimum Gasteiger partial charge on any atom is -0.490 e. The third kappa shape index (κ3) is 5.79. The van der Waals surface area contributed by atoms with Gasteiger partial charge >= 0.3 is 11.9 Å². The van der Waals surface area contributed by atoms with Crippen molar-refractivity contribution in [3.8, 4) is 11.5 Å². The first-order valence-corrected chi connectivity index (χ1v) is 12.5. The van der Waals surface area contributed by atoms with Gasteiger partial charge in [0.25, 0.3) is 0 Å². The molecule has 2 aliphatic rings. The summed E-state index contributed by atoms with van der Waals surface area (Å²) in [6.45, 7) is 7.72. The number of ether oxygens (including phenoxy) is 3. The van der Waals surface area contributed by atoms with Gasteiger partial charge in [0, 0.05) is 42.0 Å². The number of allylic oxidation sites excluding steroid dienone is 3. The Bertz CT molecular complexity index is 997. The van der Waals surface area contributed by atoms with Crippen molar-refractivity contribution >= 4 is 29.5 Å². The lowest BCUT2D eigenvalue weighted by molar-refractivity contribution is -0.138. The molecule has 7 nitrogen and oxygen atoms in total. The van der Waals surface area contributed by atoms with Gasteiger partial charge in [0.15, 0.2) is 17.3 Å². The predicted octanol–water partition coefficient (Wildman–Crippen LogP) is 4.27. The molecule has 0 radical (unpaired) electrons. The fourth-order valence-electron chi connectivity index (χ4n) is 4.21. The number of hydrogen-bond donors (Lipinski definition) is 1. The summed E-state index contributed by atoms with van der Waals surface area (Å²) in [5, 5.41) is 3.29. The van der Waals surface area contributed by atoms with Crippen LogP contribution in [0.1, 0.15) is 58.4 Å². The van der Waals surface area contributed by atoms with E-state index in [1.54, 1.807) is 30.0 Å². The normalized spacial score (nSPS) is 17.9. The van der Waals surface area contributed by atoms with Crippen LogP contribution in [0.25, 0.3) is 0 Å². The highest BCUT2D eigenvalue weighted by atomic mass is 32.2. The summed E-state index contributed by atoms with van der Waals surface area (Å²) in [5.74, 6) is 0.901. The number of rotatable bonds is 9. The first-order chi connectivity index (χ1) is 15.9. The Morgan fingerprint density at radius 1 is 1.18 bits per heavy atom. The summed E-state index contributed by atoms with van der Waals surface area (Å²) >= 11 is 1.70. The highest BCUT2D eigenvalue weighted by molar-refractivity contribution is 7.99. The Hall–Kier alpha value is -2.74. The molecular formula is C25H31NO6S. The highest BCUT2D eigenvalue weighted by Crippen LogP contribution is 2.44. The van der Waals surface area contributed by atoms with Crippen LogP contribution in [0.3, 0.4) is 0 Å². The predicted molar refractivity (Wildman–Crippen MR) is 127 cm³/mol. The van der Waals surface area contributed by atoms with Crippen LogP contribution < -0.4 is 14.8 Å². The molecule has 0 aromatic heterocycles. The van der Waals surface area contributed by atoms with Crippen LogP contribution in [0, 0.1) is 0 Å². The first kappa shape index (κ1) is 24.9. The van der Waals surface area contributed by atoms with E-state index in [9.17, 15) is 14.4 Å². The van der Waals surface area contributed by atoms with Crippen molar-refractivity contribution in [3.63, 3.8) is 0 Å². The number of carbonyl (C=O) groups is 3. The fraction of sp³-hybridized carbons (Fsp3) is 0.480. The SMILES string of the molecule is CCOc1cc([C@H]2C(C(=O)OCCSCC)=C(C)NC3=C2C(=O)CCC3)ccc1OC(C)=O.